The largest absolute Gasteiger partial charge is 0.416 e. The molecule has 0 spiro atoms. The molecule has 4 nitrogen and oxygen atoms in total. The van der Waals surface area contributed by atoms with Crippen molar-refractivity contribution in [2.45, 2.75) is 31.0 Å². The SMILES string of the molecule is Cc1ccc(S(=O)(=O)N[C@@H](C)CN)cc1C(F)(F)F.Cl. The highest BCUT2D eigenvalue weighted by Crippen LogP contribution is 2.33. The molecule has 1 aromatic rings. The molecule has 0 unspecified atom stereocenters. The summed E-state index contributed by atoms with van der Waals surface area (Å²) >= 11 is 0. The molecule has 0 heterocycles. The molecule has 0 saturated heterocycles. The Morgan fingerprint density at radius 3 is 2.35 bits per heavy atom. The summed E-state index contributed by atoms with van der Waals surface area (Å²) in [5.74, 6) is 0. The molecule has 0 bridgehead atoms. The van der Waals surface area contributed by atoms with E-state index in [0.29, 0.717) is 6.07 Å². The van der Waals surface area contributed by atoms with Gasteiger partial charge < -0.3 is 5.73 Å². The van der Waals surface area contributed by atoms with Crippen LogP contribution < -0.4 is 10.5 Å². The molecular weight excluding hydrogens is 317 g/mol. The molecule has 0 saturated carbocycles. The average molecular weight is 333 g/mol. The maximum Gasteiger partial charge on any atom is 0.416 e. The summed E-state index contributed by atoms with van der Waals surface area (Å²) < 4.78 is 64.0. The van der Waals surface area contributed by atoms with Gasteiger partial charge in [-0.25, -0.2) is 13.1 Å². The number of hydrogen-bond donors (Lipinski definition) is 2. The lowest BCUT2D eigenvalue weighted by molar-refractivity contribution is -0.138. The first kappa shape index (κ1) is 19.2. The van der Waals surface area contributed by atoms with Crippen molar-refractivity contribution in [2.24, 2.45) is 5.73 Å². The minimum Gasteiger partial charge on any atom is -0.329 e. The molecule has 0 aliphatic carbocycles. The van der Waals surface area contributed by atoms with Crippen LogP contribution in [0.2, 0.25) is 0 Å². The number of alkyl halides is 3. The maximum absolute atomic E-state index is 12.7. The Labute approximate surface area is 122 Å². The fourth-order valence-corrected chi connectivity index (χ4v) is 2.74. The van der Waals surface area contributed by atoms with E-state index < -0.39 is 32.7 Å². The van der Waals surface area contributed by atoms with Gasteiger partial charge in [0.25, 0.3) is 0 Å². The van der Waals surface area contributed by atoms with Gasteiger partial charge in [0.1, 0.15) is 0 Å². The molecule has 0 aliphatic rings. The zero-order valence-corrected chi connectivity index (χ0v) is 12.5. The zero-order chi connectivity index (χ0) is 14.8. The Morgan fingerprint density at radius 1 is 1.35 bits per heavy atom. The first-order valence-electron chi connectivity index (χ1n) is 5.48. The van der Waals surface area contributed by atoms with Crippen LogP contribution in [0.25, 0.3) is 0 Å². The molecule has 1 rings (SSSR count). The lowest BCUT2D eigenvalue weighted by Crippen LogP contribution is -2.37. The smallest absolute Gasteiger partial charge is 0.329 e. The van der Waals surface area contributed by atoms with Gasteiger partial charge >= 0.3 is 6.18 Å². The van der Waals surface area contributed by atoms with Crippen LogP contribution in [0.1, 0.15) is 18.1 Å². The second kappa shape index (κ2) is 6.75. The van der Waals surface area contributed by atoms with Gasteiger partial charge in [0.05, 0.1) is 10.5 Å². The van der Waals surface area contributed by atoms with E-state index in [-0.39, 0.29) is 24.5 Å². The number of nitrogens with two attached hydrogens (primary N) is 1. The van der Waals surface area contributed by atoms with E-state index >= 15 is 0 Å². The summed E-state index contributed by atoms with van der Waals surface area (Å²) in [7, 11) is -4.00. The van der Waals surface area contributed by atoms with Crippen LogP contribution in [-0.4, -0.2) is 21.0 Å². The first-order chi connectivity index (χ1) is 8.58. The van der Waals surface area contributed by atoms with Crippen molar-refractivity contribution in [1.29, 1.82) is 0 Å². The molecule has 0 aromatic heterocycles. The van der Waals surface area contributed by atoms with Crippen LogP contribution in [0.15, 0.2) is 23.1 Å². The minimum atomic E-state index is -4.59. The first-order valence-corrected chi connectivity index (χ1v) is 6.96. The molecule has 0 aliphatic heterocycles. The van der Waals surface area contributed by atoms with Crippen molar-refractivity contribution >= 4 is 22.4 Å². The minimum absolute atomic E-state index is 0. The van der Waals surface area contributed by atoms with E-state index in [1.54, 1.807) is 0 Å². The molecule has 116 valence electrons. The van der Waals surface area contributed by atoms with E-state index in [4.69, 9.17) is 5.73 Å². The standard InChI is InChI=1S/C11H15F3N2O2S.ClH/c1-7-3-4-9(5-10(7)11(12,13)14)19(17,18)16-8(2)6-15;/h3-5,8,16H,6,15H2,1-2H3;1H/t8-;/m0./s1. The predicted molar refractivity (Wildman–Crippen MR) is 72.3 cm³/mol. The van der Waals surface area contributed by atoms with Gasteiger partial charge in [-0.3, -0.25) is 0 Å². The third kappa shape index (κ3) is 4.62. The Hall–Kier alpha value is -0.830. The van der Waals surface area contributed by atoms with Crippen molar-refractivity contribution in [2.75, 3.05) is 6.54 Å². The summed E-state index contributed by atoms with van der Waals surface area (Å²) in [6, 6.07) is 2.34. The van der Waals surface area contributed by atoms with Gasteiger partial charge in [-0.15, -0.1) is 12.4 Å². The van der Waals surface area contributed by atoms with Crippen molar-refractivity contribution in [1.82, 2.24) is 4.72 Å². The van der Waals surface area contributed by atoms with Crippen molar-refractivity contribution < 1.29 is 21.6 Å². The summed E-state index contributed by atoms with van der Waals surface area (Å²) in [6.45, 7) is 2.85. The van der Waals surface area contributed by atoms with E-state index in [9.17, 15) is 21.6 Å². The number of nitrogens with one attached hydrogen (secondary N) is 1. The van der Waals surface area contributed by atoms with Crippen molar-refractivity contribution in [3.63, 3.8) is 0 Å². The highest BCUT2D eigenvalue weighted by molar-refractivity contribution is 7.89. The van der Waals surface area contributed by atoms with Crippen LogP contribution in [0.4, 0.5) is 13.2 Å². The topological polar surface area (TPSA) is 72.2 Å². The number of aryl methyl sites for hydroxylation is 1. The fraction of sp³-hybridized carbons (Fsp3) is 0.455. The molecular formula is C11H16ClF3N2O2S. The molecule has 1 aromatic carbocycles. The quantitative estimate of drug-likeness (QED) is 0.886. The van der Waals surface area contributed by atoms with Gasteiger partial charge in [-0.1, -0.05) is 6.07 Å². The van der Waals surface area contributed by atoms with Crippen LogP contribution in [-0.2, 0) is 16.2 Å². The van der Waals surface area contributed by atoms with E-state index in [1.807, 2.05) is 0 Å². The van der Waals surface area contributed by atoms with Crippen LogP contribution in [0, 0.1) is 6.92 Å². The normalized spacial score (nSPS) is 13.7. The van der Waals surface area contributed by atoms with Gasteiger partial charge in [0.2, 0.25) is 10.0 Å². The summed E-state index contributed by atoms with van der Waals surface area (Å²) in [4.78, 5) is -0.425. The van der Waals surface area contributed by atoms with Gasteiger partial charge in [0.15, 0.2) is 0 Å². The lowest BCUT2D eigenvalue weighted by Gasteiger charge is -2.15. The van der Waals surface area contributed by atoms with Crippen LogP contribution >= 0.6 is 12.4 Å². The maximum atomic E-state index is 12.7. The Morgan fingerprint density at radius 2 is 1.90 bits per heavy atom. The molecule has 0 amide bonds. The predicted octanol–water partition coefficient (Wildman–Crippen LogP) is 2.06. The molecule has 20 heavy (non-hydrogen) atoms. The molecule has 9 heteroatoms. The number of rotatable bonds is 4. The zero-order valence-electron chi connectivity index (χ0n) is 10.9. The van der Waals surface area contributed by atoms with E-state index in [0.717, 1.165) is 12.1 Å². The third-order valence-corrected chi connectivity index (χ3v) is 4.12. The molecule has 3 N–H and O–H groups in total. The van der Waals surface area contributed by atoms with Crippen LogP contribution in [0.5, 0.6) is 0 Å². The third-order valence-electron chi connectivity index (χ3n) is 2.53. The van der Waals surface area contributed by atoms with Crippen molar-refractivity contribution in [3.05, 3.63) is 29.3 Å². The molecule has 1 atom stereocenters. The Bertz CT molecular complexity index is 561. The summed E-state index contributed by atoms with van der Waals surface area (Å²) in [6.07, 6.45) is -4.59. The number of hydrogen-bond acceptors (Lipinski definition) is 3. The van der Waals surface area contributed by atoms with Gasteiger partial charge in [-0.05, 0) is 31.5 Å². The monoisotopic (exact) mass is 332 g/mol. The van der Waals surface area contributed by atoms with Gasteiger partial charge in [0, 0.05) is 12.6 Å². The second-order valence-corrected chi connectivity index (χ2v) is 5.95. The van der Waals surface area contributed by atoms with Crippen molar-refractivity contribution in [3.8, 4) is 0 Å². The van der Waals surface area contributed by atoms with Gasteiger partial charge in [-0.2, -0.15) is 13.2 Å². The Kier molecular flexibility index (Phi) is 6.47. The number of sulfonamides is 1. The average Bonchev–Trinajstić information content (AvgIpc) is 2.26. The summed E-state index contributed by atoms with van der Waals surface area (Å²) in [5, 5.41) is 0. The van der Waals surface area contributed by atoms with E-state index in [1.165, 1.54) is 13.8 Å². The Balaban J connectivity index is 0.00000361. The lowest BCUT2D eigenvalue weighted by atomic mass is 10.1. The summed E-state index contributed by atoms with van der Waals surface area (Å²) in [5.41, 5.74) is 4.28. The second-order valence-electron chi connectivity index (χ2n) is 4.23. The fourth-order valence-electron chi connectivity index (χ4n) is 1.45. The van der Waals surface area contributed by atoms with Crippen LogP contribution in [0.3, 0.4) is 0 Å². The number of halogens is 4. The van der Waals surface area contributed by atoms with E-state index in [2.05, 4.69) is 4.72 Å². The molecule has 0 fully saturated rings. The highest BCUT2D eigenvalue weighted by atomic mass is 35.5. The highest BCUT2D eigenvalue weighted by Gasteiger charge is 2.33. The molecule has 0 radical (unpaired) electrons. The number of benzene rings is 1.